The number of imide groups is 1. The zero-order chi connectivity index (χ0) is 21.7. The number of nitrogens with zero attached hydrogens (tertiary/aromatic N) is 1. The molecule has 0 radical (unpaired) electrons. The maximum Gasteiger partial charge on any atom is 0.344 e. The number of urea groups is 1. The van der Waals surface area contributed by atoms with Gasteiger partial charge in [0.15, 0.2) is 6.61 Å². The number of hydrazine groups is 1. The maximum absolute atomic E-state index is 12.7. The van der Waals surface area contributed by atoms with Crippen molar-refractivity contribution in [3.05, 3.63) is 29.8 Å². The highest BCUT2D eigenvalue weighted by Crippen LogP contribution is 2.35. The average molecular weight is 417 g/mol. The molecule has 2 fully saturated rings. The van der Waals surface area contributed by atoms with E-state index in [-0.39, 0.29) is 13.0 Å². The Balaban J connectivity index is 1.39. The minimum absolute atomic E-state index is 0.0361. The smallest absolute Gasteiger partial charge is 0.344 e. The van der Waals surface area contributed by atoms with Crippen LogP contribution < -0.4 is 15.5 Å². The highest BCUT2D eigenvalue weighted by Gasteiger charge is 2.52. The Labute approximate surface area is 175 Å². The number of aryl methyl sites for hydroxylation is 1. The summed E-state index contributed by atoms with van der Waals surface area (Å²) < 4.78 is 10.3. The molecule has 1 saturated heterocycles. The van der Waals surface area contributed by atoms with Crippen molar-refractivity contribution in [2.75, 3.05) is 13.2 Å². The molecule has 2 aliphatic rings. The summed E-state index contributed by atoms with van der Waals surface area (Å²) in [5, 5.41) is 3.39. The first-order valence-corrected chi connectivity index (χ1v) is 10.1. The van der Waals surface area contributed by atoms with Gasteiger partial charge in [0, 0.05) is 0 Å². The van der Waals surface area contributed by atoms with Crippen LogP contribution in [-0.4, -0.2) is 47.6 Å². The fraction of sp³-hybridized carbons (Fsp3) is 0.524. The fourth-order valence-electron chi connectivity index (χ4n) is 3.58. The summed E-state index contributed by atoms with van der Waals surface area (Å²) in [6.45, 7) is 3.58. The molecule has 0 bridgehead atoms. The molecule has 1 aliphatic carbocycles. The fourth-order valence-corrected chi connectivity index (χ4v) is 3.58. The second-order valence-corrected chi connectivity index (χ2v) is 7.94. The quantitative estimate of drug-likeness (QED) is 0.517. The number of amides is 4. The summed E-state index contributed by atoms with van der Waals surface area (Å²) in [6.07, 6.45) is 2.71. The summed E-state index contributed by atoms with van der Waals surface area (Å²) >= 11 is 0. The van der Waals surface area contributed by atoms with Crippen LogP contribution in [0.5, 0.6) is 5.75 Å². The van der Waals surface area contributed by atoms with Crippen LogP contribution in [-0.2, 0) is 19.1 Å². The van der Waals surface area contributed by atoms with Crippen molar-refractivity contribution in [2.45, 2.75) is 51.5 Å². The lowest BCUT2D eigenvalue weighted by atomic mass is 9.77. The van der Waals surface area contributed by atoms with E-state index in [0.717, 1.165) is 18.4 Å². The third kappa shape index (κ3) is 5.08. The number of carbonyl (C=O) groups is 4. The lowest BCUT2D eigenvalue weighted by Gasteiger charge is -2.33. The van der Waals surface area contributed by atoms with Crippen molar-refractivity contribution in [1.82, 2.24) is 15.8 Å². The van der Waals surface area contributed by atoms with Gasteiger partial charge in [0.05, 0.1) is 13.0 Å². The number of hydrogen-bond donors (Lipinski definition) is 2. The molecule has 30 heavy (non-hydrogen) atoms. The van der Waals surface area contributed by atoms with Gasteiger partial charge < -0.3 is 14.8 Å². The van der Waals surface area contributed by atoms with Crippen molar-refractivity contribution in [1.29, 1.82) is 0 Å². The van der Waals surface area contributed by atoms with E-state index in [1.807, 2.05) is 19.1 Å². The van der Waals surface area contributed by atoms with Gasteiger partial charge in [-0.3, -0.25) is 19.8 Å². The molecule has 1 aliphatic heterocycles. The minimum atomic E-state index is -0.944. The number of nitrogens with one attached hydrogen (secondary N) is 2. The third-order valence-electron chi connectivity index (χ3n) is 5.49. The topological polar surface area (TPSA) is 114 Å². The predicted molar refractivity (Wildman–Crippen MR) is 106 cm³/mol. The van der Waals surface area contributed by atoms with Gasteiger partial charge in [0.25, 0.3) is 11.8 Å². The molecule has 1 saturated carbocycles. The lowest BCUT2D eigenvalue weighted by molar-refractivity contribution is -0.151. The minimum Gasteiger partial charge on any atom is -0.493 e. The Hall–Kier alpha value is -3.10. The van der Waals surface area contributed by atoms with Crippen molar-refractivity contribution in [2.24, 2.45) is 5.92 Å². The van der Waals surface area contributed by atoms with Crippen molar-refractivity contribution in [3.8, 4) is 5.75 Å². The molecule has 2 N–H and O–H groups in total. The lowest BCUT2D eigenvalue weighted by Crippen LogP contribution is -2.52. The number of carbonyl (C=O) groups excluding carboxylic acids is 4. The normalized spacial score (nSPS) is 23.3. The van der Waals surface area contributed by atoms with Gasteiger partial charge >= 0.3 is 12.0 Å². The molecule has 1 aromatic carbocycles. The maximum atomic E-state index is 12.7. The van der Waals surface area contributed by atoms with Crippen molar-refractivity contribution >= 4 is 23.8 Å². The second-order valence-electron chi connectivity index (χ2n) is 7.94. The largest absolute Gasteiger partial charge is 0.493 e. The van der Waals surface area contributed by atoms with Gasteiger partial charge in [0.2, 0.25) is 0 Å². The summed E-state index contributed by atoms with van der Waals surface area (Å²) in [5.41, 5.74) is 2.38. The summed E-state index contributed by atoms with van der Waals surface area (Å²) in [6, 6.07) is 6.72. The Bertz CT molecular complexity index is 815. The third-order valence-corrected chi connectivity index (χ3v) is 5.49. The van der Waals surface area contributed by atoms with E-state index in [1.54, 1.807) is 12.1 Å². The molecule has 9 heteroatoms. The van der Waals surface area contributed by atoms with Gasteiger partial charge in [-0.1, -0.05) is 24.6 Å². The SMILES string of the molecule is Cc1ccc(OCCC(=O)OCC(=O)NN2C(=O)NC3(CCC(C)CC3)C2=O)cc1. The molecule has 0 aromatic heterocycles. The second kappa shape index (κ2) is 9.15. The average Bonchev–Trinajstić information content (AvgIpc) is 2.94. The van der Waals surface area contributed by atoms with Gasteiger partial charge in [-0.05, 0) is 50.7 Å². The first kappa shape index (κ1) is 21.6. The predicted octanol–water partition coefficient (Wildman–Crippen LogP) is 1.84. The first-order valence-electron chi connectivity index (χ1n) is 10.1. The Morgan fingerprint density at radius 2 is 1.87 bits per heavy atom. The molecule has 1 aromatic rings. The summed E-state index contributed by atoms with van der Waals surface area (Å²) in [7, 11) is 0. The van der Waals surface area contributed by atoms with Gasteiger partial charge in [-0.25, -0.2) is 4.79 Å². The number of benzene rings is 1. The molecule has 3 rings (SSSR count). The first-order chi connectivity index (χ1) is 14.3. The van der Waals surface area contributed by atoms with E-state index in [1.165, 1.54) is 0 Å². The van der Waals surface area contributed by atoms with E-state index >= 15 is 0 Å². The standard InChI is InChI=1S/C21H27N3O6/c1-14-3-5-16(6-4-14)29-12-9-18(26)30-13-17(25)23-24-19(27)21(22-20(24)28)10-7-15(2)8-11-21/h3-6,15H,7-13H2,1-2H3,(H,22,28)(H,23,25). The van der Waals surface area contributed by atoms with Crippen LogP contribution in [0.2, 0.25) is 0 Å². The van der Waals surface area contributed by atoms with E-state index in [4.69, 9.17) is 9.47 Å². The monoisotopic (exact) mass is 417 g/mol. The number of ether oxygens (including phenoxy) is 2. The number of esters is 1. The molecule has 4 amide bonds. The Morgan fingerprint density at radius 1 is 1.20 bits per heavy atom. The zero-order valence-electron chi connectivity index (χ0n) is 17.2. The molecular formula is C21H27N3O6. The van der Waals surface area contributed by atoms with Crippen molar-refractivity contribution < 1.29 is 28.7 Å². The number of rotatable bonds is 7. The van der Waals surface area contributed by atoms with E-state index in [9.17, 15) is 19.2 Å². The highest BCUT2D eigenvalue weighted by atomic mass is 16.5. The molecule has 0 atom stereocenters. The molecule has 1 heterocycles. The summed E-state index contributed by atoms with van der Waals surface area (Å²) in [4.78, 5) is 48.7. The van der Waals surface area contributed by atoms with E-state index in [0.29, 0.717) is 29.5 Å². The molecule has 9 nitrogen and oxygen atoms in total. The van der Waals surface area contributed by atoms with Gasteiger partial charge in [0.1, 0.15) is 11.3 Å². The van der Waals surface area contributed by atoms with Crippen LogP contribution in [0.25, 0.3) is 0 Å². The molecule has 1 spiro atoms. The van der Waals surface area contributed by atoms with Crippen LogP contribution in [0.15, 0.2) is 24.3 Å². The van der Waals surface area contributed by atoms with E-state index in [2.05, 4.69) is 17.7 Å². The van der Waals surface area contributed by atoms with Gasteiger partial charge in [-0.2, -0.15) is 5.01 Å². The Kier molecular flexibility index (Phi) is 6.59. The van der Waals surface area contributed by atoms with Crippen LogP contribution in [0, 0.1) is 12.8 Å². The van der Waals surface area contributed by atoms with Gasteiger partial charge in [-0.15, -0.1) is 0 Å². The molecular weight excluding hydrogens is 390 g/mol. The summed E-state index contributed by atoms with van der Waals surface area (Å²) in [5.74, 6) is -0.709. The molecule has 162 valence electrons. The van der Waals surface area contributed by atoms with Crippen LogP contribution in [0.1, 0.15) is 44.6 Å². The van der Waals surface area contributed by atoms with Crippen LogP contribution in [0.4, 0.5) is 4.79 Å². The van der Waals surface area contributed by atoms with Crippen LogP contribution >= 0.6 is 0 Å². The highest BCUT2D eigenvalue weighted by molar-refractivity contribution is 6.08. The van der Waals surface area contributed by atoms with Crippen LogP contribution in [0.3, 0.4) is 0 Å². The molecule has 0 unspecified atom stereocenters. The Morgan fingerprint density at radius 3 is 2.53 bits per heavy atom. The van der Waals surface area contributed by atoms with E-state index < -0.39 is 36.0 Å². The number of hydrogen-bond acceptors (Lipinski definition) is 6. The zero-order valence-corrected chi connectivity index (χ0v) is 17.2. The van der Waals surface area contributed by atoms with Crippen molar-refractivity contribution in [3.63, 3.8) is 0 Å².